The zero-order valence-electron chi connectivity index (χ0n) is 11.6. The van der Waals surface area contributed by atoms with Crippen LogP contribution in [0.1, 0.15) is 34.1 Å². The summed E-state index contributed by atoms with van der Waals surface area (Å²) in [6, 6.07) is 0. The summed E-state index contributed by atoms with van der Waals surface area (Å²) in [6.45, 7) is 6.89. The Bertz CT molecular complexity index is 410. The van der Waals surface area contributed by atoms with Crippen LogP contribution in [0.15, 0.2) is 12.3 Å². The third-order valence-electron chi connectivity index (χ3n) is 2.53. The Morgan fingerprint density at radius 1 is 1.42 bits per heavy atom. The maximum Gasteiger partial charge on any atom is 0.415 e. The van der Waals surface area contributed by atoms with Gasteiger partial charge in [0.1, 0.15) is 5.60 Å². The number of amides is 1. The second kappa shape index (κ2) is 5.42. The minimum absolute atomic E-state index is 0.0918. The van der Waals surface area contributed by atoms with E-state index in [1.54, 1.807) is 33.8 Å². The van der Waals surface area contributed by atoms with Gasteiger partial charge in [-0.1, -0.05) is 6.08 Å². The molecule has 0 N–H and O–H groups in total. The highest BCUT2D eigenvalue weighted by atomic mass is 16.6. The maximum absolute atomic E-state index is 12.0. The Morgan fingerprint density at radius 3 is 2.53 bits per heavy atom. The summed E-state index contributed by atoms with van der Waals surface area (Å²) in [5.41, 5.74) is -2.35. The quantitative estimate of drug-likeness (QED) is 0.442. The van der Waals surface area contributed by atoms with Gasteiger partial charge in [-0.25, -0.2) is 9.59 Å². The van der Waals surface area contributed by atoms with Crippen molar-refractivity contribution < 1.29 is 23.9 Å². The largest absolute Gasteiger partial charge is 0.464 e. The number of nitrogens with zero attached hydrogens (tertiary/aromatic N) is 1. The molecule has 6 nitrogen and oxygen atoms in total. The second-order valence-electron chi connectivity index (χ2n) is 5.20. The molecule has 0 bridgehead atoms. The summed E-state index contributed by atoms with van der Waals surface area (Å²) in [5, 5.41) is 0. The molecular weight excluding hydrogens is 250 g/mol. The van der Waals surface area contributed by atoms with Gasteiger partial charge in [-0.15, -0.1) is 0 Å². The van der Waals surface area contributed by atoms with E-state index in [4.69, 9.17) is 9.47 Å². The van der Waals surface area contributed by atoms with E-state index in [9.17, 15) is 14.4 Å². The van der Waals surface area contributed by atoms with Crippen LogP contribution >= 0.6 is 0 Å². The minimum atomic E-state index is -1.64. The number of hydrogen-bond acceptors (Lipinski definition) is 5. The third kappa shape index (κ3) is 3.13. The molecule has 0 spiro atoms. The number of esters is 1. The second-order valence-corrected chi connectivity index (χ2v) is 5.20. The molecule has 106 valence electrons. The molecule has 0 radical (unpaired) electrons. The molecule has 0 fully saturated rings. The third-order valence-corrected chi connectivity index (χ3v) is 2.53. The molecule has 19 heavy (non-hydrogen) atoms. The molecule has 6 heteroatoms. The number of ether oxygens (including phenoxy) is 2. The number of rotatable bonds is 3. The van der Waals surface area contributed by atoms with Gasteiger partial charge in [-0.05, 0) is 27.7 Å². The van der Waals surface area contributed by atoms with Crippen molar-refractivity contribution in [1.82, 2.24) is 4.90 Å². The SMILES string of the molecule is CCOC(=O)[C@@]1(C=O)CC=CN1C(=O)OC(C)(C)C. The number of aldehydes is 1. The Kier molecular flexibility index (Phi) is 4.34. The lowest BCUT2D eigenvalue weighted by molar-refractivity contribution is -0.156. The van der Waals surface area contributed by atoms with Crippen LogP contribution in [0.25, 0.3) is 0 Å². The number of carbonyl (C=O) groups excluding carboxylic acids is 3. The molecule has 0 aromatic carbocycles. The van der Waals surface area contributed by atoms with Crippen molar-refractivity contribution in [1.29, 1.82) is 0 Å². The normalized spacial score (nSPS) is 22.2. The summed E-state index contributed by atoms with van der Waals surface area (Å²) in [6.07, 6.45) is 2.71. The highest BCUT2D eigenvalue weighted by molar-refractivity contribution is 6.02. The molecular formula is C13H19NO5. The highest BCUT2D eigenvalue weighted by Gasteiger charge is 2.50. The van der Waals surface area contributed by atoms with Crippen LogP contribution in [0, 0.1) is 0 Å². The fraction of sp³-hybridized carbons (Fsp3) is 0.615. The highest BCUT2D eigenvalue weighted by Crippen LogP contribution is 2.29. The van der Waals surface area contributed by atoms with Gasteiger partial charge >= 0.3 is 12.1 Å². The summed E-state index contributed by atoms with van der Waals surface area (Å²) in [4.78, 5) is 36.3. The van der Waals surface area contributed by atoms with Gasteiger partial charge in [-0.2, -0.15) is 0 Å². The maximum atomic E-state index is 12.0. The minimum Gasteiger partial charge on any atom is -0.464 e. The zero-order valence-corrected chi connectivity index (χ0v) is 11.6. The fourth-order valence-corrected chi connectivity index (χ4v) is 1.69. The van der Waals surface area contributed by atoms with Crippen molar-refractivity contribution in [2.24, 2.45) is 0 Å². The van der Waals surface area contributed by atoms with Crippen LogP contribution < -0.4 is 0 Å². The van der Waals surface area contributed by atoms with Crippen molar-refractivity contribution in [3.05, 3.63) is 12.3 Å². The van der Waals surface area contributed by atoms with Crippen LogP contribution in [0.5, 0.6) is 0 Å². The predicted octanol–water partition coefficient (Wildman–Crippen LogP) is 1.64. The van der Waals surface area contributed by atoms with Gasteiger partial charge in [0.15, 0.2) is 6.29 Å². The van der Waals surface area contributed by atoms with Gasteiger partial charge < -0.3 is 14.3 Å². The van der Waals surface area contributed by atoms with Gasteiger partial charge in [0.25, 0.3) is 0 Å². The molecule has 1 aliphatic rings. The van der Waals surface area contributed by atoms with Crippen molar-refractivity contribution in [2.45, 2.75) is 45.3 Å². The van der Waals surface area contributed by atoms with Crippen LogP contribution in [0.4, 0.5) is 4.79 Å². The first-order valence-electron chi connectivity index (χ1n) is 6.09. The molecule has 0 saturated carbocycles. The molecule has 1 amide bonds. The lowest BCUT2D eigenvalue weighted by atomic mass is 9.98. The van der Waals surface area contributed by atoms with Gasteiger partial charge in [0, 0.05) is 12.6 Å². The van der Waals surface area contributed by atoms with Gasteiger partial charge in [-0.3, -0.25) is 4.90 Å². The van der Waals surface area contributed by atoms with E-state index in [-0.39, 0.29) is 13.0 Å². The van der Waals surface area contributed by atoms with Crippen molar-refractivity contribution in [3.8, 4) is 0 Å². The average Bonchev–Trinajstić information content (AvgIpc) is 2.71. The zero-order chi connectivity index (χ0) is 14.7. The van der Waals surface area contributed by atoms with Crippen LogP contribution in [-0.2, 0) is 19.1 Å². The first kappa shape index (κ1) is 15.2. The lowest BCUT2D eigenvalue weighted by Gasteiger charge is -2.32. The van der Waals surface area contributed by atoms with E-state index in [0.29, 0.717) is 6.29 Å². The molecule has 0 aliphatic carbocycles. The molecule has 1 rings (SSSR count). The summed E-state index contributed by atoms with van der Waals surface area (Å²) < 4.78 is 10.0. The van der Waals surface area contributed by atoms with Crippen molar-refractivity contribution >= 4 is 18.3 Å². The molecule has 0 aromatic rings. The van der Waals surface area contributed by atoms with Crippen molar-refractivity contribution in [3.63, 3.8) is 0 Å². The molecule has 1 heterocycles. The molecule has 0 saturated heterocycles. The average molecular weight is 269 g/mol. The van der Waals surface area contributed by atoms with E-state index in [1.165, 1.54) is 6.20 Å². The monoisotopic (exact) mass is 269 g/mol. The summed E-state index contributed by atoms with van der Waals surface area (Å²) >= 11 is 0. The Balaban J connectivity index is 2.98. The van der Waals surface area contributed by atoms with Gasteiger partial charge in [0.05, 0.1) is 6.61 Å². The van der Waals surface area contributed by atoms with Crippen LogP contribution in [0.2, 0.25) is 0 Å². The standard InChI is InChI=1S/C13H19NO5/c1-5-18-10(16)13(9-15)7-6-8-14(13)11(17)19-12(2,3)4/h6,8-9H,5,7H2,1-4H3/t13-/m0/s1. The number of hydrogen-bond donors (Lipinski definition) is 0. The van der Waals surface area contributed by atoms with Crippen LogP contribution in [0.3, 0.4) is 0 Å². The number of carbonyl (C=O) groups is 3. The Morgan fingerprint density at radius 2 is 2.05 bits per heavy atom. The lowest BCUT2D eigenvalue weighted by Crippen LogP contribution is -2.55. The van der Waals surface area contributed by atoms with Crippen molar-refractivity contribution in [2.75, 3.05) is 6.61 Å². The first-order valence-corrected chi connectivity index (χ1v) is 6.09. The van der Waals surface area contributed by atoms with Gasteiger partial charge in [0.2, 0.25) is 5.54 Å². The fourth-order valence-electron chi connectivity index (χ4n) is 1.69. The van der Waals surface area contributed by atoms with Crippen LogP contribution in [-0.4, -0.2) is 41.0 Å². The Labute approximate surface area is 112 Å². The van der Waals surface area contributed by atoms with E-state index < -0.39 is 23.2 Å². The Hall–Kier alpha value is -1.85. The molecule has 0 aromatic heterocycles. The van der Waals surface area contributed by atoms with E-state index in [1.807, 2.05) is 0 Å². The smallest absolute Gasteiger partial charge is 0.415 e. The topological polar surface area (TPSA) is 72.9 Å². The summed E-state index contributed by atoms with van der Waals surface area (Å²) in [7, 11) is 0. The molecule has 1 aliphatic heterocycles. The molecule has 1 atom stereocenters. The van der Waals surface area contributed by atoms with E-state index >= 15 is 0 Å². The first-order chi connectivity index (χ1) is 8.77. The van der Waals surface area contributed by atoms with E-state index in [2.05, 4.69) is 0 Å². The predicted molar refractivity (Wildman–Crippen MR) is 67.3 cm³/mol. The molecule has 0 unspecified atom stereocenters. The summed E-state index contributed by atoms with van der Waals surface area (Å²) in [5.74, 6) is -0.749. The van der Waals surface area contributed by atoms with E-state index in [0.717, 1.165) is 4.90 Å².